The van der Waals surface area contributed by atoms with Gasteiger partial charge in [0.2, 0.25) is 11.8 Å². The predicted molar refractivity (Wildman–Crippen MR) is 70.6 cm³/mol. The first-order valence-corrected chi connectivity index (χ1v) is 6.61. The number of rotatable bonds is 3. The minimum absolute atomic E-state index is 0.272. The van der Waals surface area contributed by atoms with Gasteiger partial charge in [0.15, 0.2) is 0 Å². The van der Waals surface area contributed by atoms with E-state index in [0.717, 1.165) is 11.0 Å². The summed E-state index contributed by atoms with van der Waals surface area (Å²) >= 11 is 0. The number of hydrogen-bond donors (Lipinski definition) is 1. The van der Waals surface area contributed by atoms with Crippen LogP contribution in [-0.2, 0) is 15.8 Å². The van der Waals surface area contributed by atoms with Crippen LogP contribution in [0.4, 0.5) is 18.9 Å². The van der Waals surface area contributed by atoms with Crippen molar-refractivity contribution in [3.8, 4) is 0 Å². The van der Waals surface area contributed by atoms with E-state index < -0.39 is 36.1 Å². The van der Waals surface area contributed by atoms with Crippen LogP contribution in [0.3, 0.4) is 0 Å². The number of hydrogen-bond acceptors (Lipinski definition) is 2. The van der Waals surface area contributed by atoms with Gasteiger partial charge in [0, 0.05) is 0 Å². The molecule has 0 spiro atoms. The van der Waals surface area contributed by atoms with E-state index in [1.54, 1.807) is 0 Å². The number of carbonyl (C=O) groups is 2. The average molecular weight is 300 g/mol. The van der Waals surface area contributed by atoms with Crippen LogP contribution < -0.4 is 10.2 Å². The highest BCUT2D eigenvalue weighted by molar-refractivity contribution is 6.07. The molecule has 4 nitrogen and oxygen atoms in total. The summed E-state index contributed by atoms with van der Waals surface area (Å²) in [5, 5.41) is 2.51. The second-order valence-electron chi connectivity index (χ2n) is 4.85. The van der Waals surface area contributed by atoms with E-state index in [1.165, 1.54) is 18.2 Å². The molecule has 1 fully saturated rings. The van der Waals surface area contributed by atoms with Crippen molar-refractivity contribution in [1.82, 2.24) is 5.32 Å². The number of nitrogens with zero attached hydrogens (tertiary/aromatic N) is 1. The number of carbonyl (C=O) groups excluding carboxylic acids is 2. The fourth-order valence-corrected chi connectivity index (χ4v) is 2.35. The molecule has 1 saturated heterocycles. The molecule has 7 heteroatoms. The van der Waals surface area contributed by atoms with Gasteiger partial charge in [-0.1, -0.05) is 25.5 Å². The molecule has 1 heterocycles. The van der Waals surface area contributed by atoms with Crippen molar-refractivity contribution < 1.29 is 22.8 Å². The highest BCUT2D eigenvalue weighted by Crippen LogP contribution is 2.37. The van der Waals surface area contributed by atoms with Gasteiger partial charge in [-0.15, -0.1) is 0 Å². The van der Waals surface area contributed by atoms with E-state index in [-0.39, 0.29) is 5.69 Å². The number of amides is 2. The summed E-state index contributed by atoms with van der Waals surface area (Å²) in [5.74, 6) is -0.960. The second kappa shape index (κ2) is 5.75. The standard InChI is InChI=1S/C14H15F3N2O2/c1-2-5-10-13(21)19(8-12(20)18-10)11-7-4-3-6-9(11)14(15,16)17/h3-4,6-7,10H,2,5,8H2,1H3,(H,18,20). The number of piperazine rings is 1. The molecule has 1 unspecified atom stereocenters. The molecule has 0 bridgehead atoms. The SMILES string of the molecule is CCCC1NC(=O)CN(c2ccccc2C(F)(F)F)C1=O. The van der Waals surface area contributed by atoms with Gasteiger partial charge in [0.05, 0.1) is 11.3 Å². The number of anilines is 1. The van der Waals surface area contributed by atoms with E-state index in [1.807, 2.05) is 6.92 Å². The number of nitrogens with one attached hydrogen (secondary N) is 1. The summed E-state index contributed by atoms with van der Waals surface area (Å²) in [6.45, 7) is 1.44. The Labute approximate surface area is 119 Å². The van der Waals surface area contributed by atoms with Gasteiger partial charge < -0.3 is 10.2 Å². The van der Waals surface area contributed by atoms with Crippen LogP contribution >= 0.6 is 0 Å². The molecule has 1 atom stereocenters. The van der Waals surface area contributed by atoms with Crippen LogP contribution in [0.5, 0.6) is 0 Å². The van der Waals surface area contributed by atoms with E-state index >= 15 is 0 Å². The number of alkyl halides is 3. The van der Waals surface area contributed by atoms with Crippen LogP contribution in [0.15, 0.2) is 24.3 Å². The topological polar surface area (TPSA) is 49.4 Å². The molecule has 0 saturated carbocycles. The molecule has 2 amide bonds. The molecule has 1 aromatic rings. The van der Waals surface area contributed by atoms with Crippen molar-refractivity contribution in [2.75, 3.05) is 11.4 Å². The summed E-state index contributed by atoms with van der Waals surface area (Å²) in [6, 6.07) is 4.02. The zero-order chi connectivity index (χ0) is 15.6. The molecule has 114 valence electrons. The number of halogens is 3. The molecule has 0 aliphatic carbocycles. The van der Waals surface area contributed by atoms with Gasteiger partial charge in [0.1, 0.15) is 12.6 Å². The highest BCUT2D eigenvalue weighted by Gasteiger charge is 2.39. The Kier molecular flexibility index (Phi) is 4.20. The molecule has 0 aromatic heterocycles. The van der Waals surface area contributed by atoms with Crippen molar-refractivity contribution in [1.29, 1.82) is 0 Å². The van der Waals surface area contributed by atoms with Gasteiger partial charge in [-0.05, 0) is 18.6 Å². The van der Waals surface area contributed by atoms with E-state index in [2.05, 4.69) is 5.32 Å². The van der Waals surface area contributed by atoms with Crippen molar-refractivity contribution in [3.63, 3.8) is 0 Å². The Morgan fingerprint density at radius 1 is 1.29 bits per heavy atom. The maximum absolute atomic E-state index is 13.0. The molecule has 2 rings (SSSR count). The third-order valence-corrected chi connectivity index (χ3v) is 3.28. The number of benzene rings is 1. The van der Waals surface area contributed by atoms with E-state index in [9.17, 15) is 22.8 Å². The van der Waals surface area contributed by atoms with Gasteiger partial charge in [-0.3, -0.25) is 9.59 Å². The second-order valence-corrected chi connectivity index (χ2v) is 4.85. The van der Waals surface area contributed by atoms with Crippen LogP contribution in [0.1, 0.15) is 25.3 Å². The first-order chi connectivity index (χ1) is 9.84. The zero-order valence-electron chi connectivity index (χ0n) is 11.4. The average Bonchev–Trinajstić information content (AvgIpc) is 2.42. The Balaban J connectivity index is 2.41. The third kappa shape index (κ3) is 3.17. The monoisotopic (exact) mass is 300 g/mol. The van der Waals surface area contributed by atoms with Crippen LogP contribution in [0.25, 0.3) is 0 Å². The Morgan fingerprint density at radius 2 is 1.95 bits per heavy atom. The maximum Gasteiger partial charge on any atom is 0.418 e. The Hall–Kier alpha value is -2.05. The first-order valence-electron chi connectivity index (χ1n) is 6.61. The lowest BCUT2D eigenvalue weighted by molar-refractivity contribution is -0.138. The normalized spacial score (nSPS) is 19.6. The number of para-hydroxylation sites is 1. The summed E-state index contributed by atoms with van der Waals surface area (Å²) < 4.78 is 39.1. The zero-order valence-corrected chi connectivity index (χ0v) is 11.4. The third-order valence-electron chi connectivity index (χ3n) is 3.28. The van der Waals surface area contributed by atoms with Crippen LogP contribution in [-0.4, -0.2) is 24.4 Å². The smallest absolute Gasteiger partial charge is 0.343 e. The minimum Gasteiger partial charge on any atom is -0.343 e. The lowest BCUT2D eigenvalue weighted by Gasteiger charge is -2.33. The molecule has 1 aromatic carbocycles. The summed E-state index contributed by atoms with van der Waals surface area (Å²) in [7, 11) is 0. The molecule has 1 N–H and O–H groups in total. The molecule has 1 aliphatic heterocycles. The first kappa shape index (κ1) is 15.3. The fraction of sp³-hybridized carbons (Fsp3) is 0.429. The predicted octanol–water partition coefficient (Wildman–Crippen LogP) is 2.34. The summed E-state index contributed by atoms with van der Waals surface area (Å²) in [6.07, 6.45) is -3.54. The Bertz CT molecular complexity index is 557. The van der Waals surface area contributed by atoms with Crippen molar-refractivity contribution in [2.45, 2.75) is 32.0 Å². The van der Waals surface area contributed by atoms with Gasteiger partial charge in [0.25, 0.3) is 0 Å². The molecule has 0 radical (unpaired) electrons. The van der Waals surface area contributed by atoms with Crippen LogP contribution in [0, 0.1) is 0 Å². The molecular weight excluding hydrogens is 285 g/mol. The Morgan fingerprint density at radius 3 is 2.57 bits per heavy atom. The van der Waals surface area contributed by atoms with Crippen LogP contribution in [0.2, 0.25) is 0 Å². The highest BCUT2D eigenvalue weighted by atomic mass is 19.4. The lowest BCUT2D eigenvalue weighted by Crippen LogP contribution is -2.58. The van der Waals surface area contributed by atoms with E-state index in [4.69, 9.17) is 0 Å². The van der Waals surface area contributed by atoms with Gasteiger partial charge in [-0.25, -0.2) is 0 Å². The van der Waals surface area contributed by atoms with Crippen molar-refractivity contribution in [3.05, 3.63) is 29.8 Å². The van der Waals surface area contributed by atoms with Crippen molar-refractivity contribution in [2.24, 2.45) is 0 Å². The van der Waals surface area contributed by atoms with Gasteiger partial charge in [-0.2, -0.15) is 13.2 Å². The quantitative estimate of drug-likeness (QED) is 0.931. The van der Waals surface area contributed by atoms with E-state index in [0.29, 0.717) is 12.8 Å². The maximum atomic E-state index is 13.0. The van der Waals surface area contributed by atoms with Crippen molar-refractivity contribution >= 4 is 17.5 Å². The molecule has 21 heavy (non-hydrogen) atoms. The minimum atomic E-state index is -4.58. The van der Waals surface area contributed by atoms with Gasteiger partial charge >= 0.3 is 6.18 Å². The lowest BCUT2D eigenvalue weighted by atomic mass is 10.1. The largest absolute Gasteiger partial charge is 0.418 e. The molecule has 1 aliphatic rings. The fourth-order valence-electron chi connectivity index (χ4n) is 2.35. The summed E-state index contributed by atoms with van der Waals surface area (Å²) in [4.78, 5) is 24.9. The molecular formula is C14H15F3N2O2. The summed E-state index contributed by atoms with van der Waals surface area (Å²) in [5.41, 5.74) is -1.19.